The summed E-state index contributed by atoms with van der Waals surface area (Å²) in [4.78, 5) is 23.7. The molecule has 0 heterocycles. The molecule has 2 aromatic carbocycles. The van der Waals surface area contributed by atoms with Crippen molar-refractivity contribution in [2.75, 3.05) is 7.11 Å². The van der Waals surface area contributed by atoms with Crippen LogP contribution in [-0.2, 0) is 14.3 Å². The maximum Gasteiger partial charge on any atom is 0.339 e. The molecular weight excluding hydrogens is 306 g/mol. The number of rotatable bonds is 6. The summed E-state index contributed by atoms with van der Waals surface area (Å²) in [7, 11) is 1.56. The summed E-state index contributed by atoms with van der Waals surface area (Å²) < 4.78 is 10.5. The van der Waals surface area contributed by atoms with Gasteiger partial charge in [0.1, 0.15) is 5.75 Å². The molecule has 0 aromatic heterocycles. The Labute approximate surface area is 140 Å². The monoisotopic (exact) mass is 325 g/mol. The molecule has 2 N–H and O–H groups in total. The lowest BCUT2D eigenvalue weighted by molar-refractivity contribution is -0.147. The largest absolute Gasteiger partial charge is 0.496 e. The fraction of sp³-hybridized carbons (Fsp3) is 0.158. The number of hydrogen-bond donors (Lipinski definition) is 1. The van der Waals surface area contributed by atoms with Gasteiger partial charge in [-0.1, -0.05) is 48.5 Å². The Morgan fingerprint density at radius 2 is 1.67 bits per heavy atom. The van der Waals surface area contributed by atoms with E-state index < -0.39 is 18.0 Å². The third-order valence-electron chi connectivity index (χ3n) is 3.43. The molecule has 0 spiro atoms. The third-order valence-corrected chi connectivity index (χ3v) is 3.43. The van der Waals surface area contributed by atoms with Gasteiger partial charge in [0.15, 0.2) is 6.10 Å². The molecule has 0 bridgehead atoms. The van der Waals surface area contributed by atoms with E-state index in [1.54, 1.807) is 31.4 Å². The Morgan fingerprint density at radius 3 is 2.29 bits per heavy atom. The Kier molecular flexibility index (Phi) is 5.73. The summed E-state index contributed by atoms with van der Waals surface area (Å²) in [6.07, 6.45) is 0.659. The first-order chi connectivity index (χ1) is 11.5. The van der Waals surface area contributed by atoms with Gasteiger partial charge in [-0.05, 0) is 24.6 Å². The minimum Gasteiger partial charge on any atom is -0.496 e. The summed E-state index contributed by atoms with van der Waals surface area (Å²) in [6.45, 7) is 1.44. The van der Waals surface area contributed by atoms with E-state index in [0.29, 0.717) is 16.9 Å². The predicted octanol–water partition coefficient (Wildman–Crippen LogP) is 2.65. The van der Waals surface area contributed by atoms with Gasteiger partial charge in [-0.2, -0.15) is 0 Å². The molecule has 0 saturated carbocycles. The highest BCUT2D eigenvalue weighted by atomic mass is 16.5. The van der Waals surface area contributed by atoms with Crippen LogP contribution in [0.4, 0.5) is 0 Å². The topological polar surface area (TPSA) is 78.6 Å². The molecule has 124 valence electrons. The standard InChI is InChI=1S/C19H19NO4/c1-13(18(20)21)24-19(22)16(14-8-4-3-5-9-14)12-15-10-6-7-11-17(15)23-2/h3-13H,1-2H3,(H2,20,21)/b16-12+/t13-/m1/s1. The number of primary amides is 1. The summed E-state index contributed by atoms with van der Waals surface area (Å²) in [5, 5.41) is 0. The lowest BCUT2D eigenvalue weighted by Gasteiger charge is -2.13. The molecule has 2 rings (SSSR count). The number of benzene rings is 2. The van der Waals surface area contributed by atoms with Crippen LogP contribution in [0.25, 0.3) is 11.6 Å². The van der Waals surface area contributed by atoms with E-state index in [1.165, 1.54) is 6.92 Å². The van der Waals surface area contributed by atoms with Gasteiger partial charge in [-0.25, -0.2) is 4.79 Å². The first-order valence-electron chi connectivity index (χ1n) is 7.43. The van der Waals surface area contributed by atoms with Crippen molar-refractivity contribution in [3.05, 3.63) is 65.7 Å². The fourth-order valence-electron chi connectivity index (χ4n) is 2.10. The molecule has 24 heavy (non-hydrogen) atoms. The molecule has 0 aliphatic rings. The van der Waals surface area contributed by atoms with Gasteiger partial charge in [0.2, 0.25) is 0 Å². The lowest BCUT2D eigenvalue weighted by Crippen LogP contribution is -2.30. The third kappa shape index (κ3) is 4.23. The van der Waals surface area contributed by atoms with Crippen LogP contribution in [0.5, 0.6) is 5.75 Å². The molecular formula is C19H19NO4. The summed E-state index contributed by atoms with van der Waals surface area (Å²) >= 11 is 0. The van der Waals surface area contributed by atoms with Crippen molar-refractivity contribution < 1.29 is 19.1 Å². The maximum atomic E-state index is 12.5. The van der Waals surface area contributed by atoms with Crippen LogP contribution in [0.2, 0.25) is 0 Å². The van der Waals surface area contributed by atoms with Crippen molar-refractivity contribution in [2.24, 2.45) is 5.73 Å². The summed E-state index contributed by atoms with van der Waals surface area (Å²) in [5.41, 5.74) is 6.87. The number of para-hydroxylation sites is 1. The number of methoxy groups -OCH3 is 1. The molecule has 0 radical (unpaired) electrons. The first-order valence-corrected chi connectivity index (χ1v) is 7.43. The molecule has 5 heteroatoms. The molecule has 1 amide bonds. The van der Waals surface area contributed by atoms with Crippen LogP contribution in [0.1, 0.15) is 18.1 Å². The summed E-state index contributed by atoms with van der Waals surface area (Å²) in [5.74, 6) is -0.701. The fourth-order valence-corrected chi connectivity index (χ4v) is 2.10. The highest BCUT2D eigenvalue weighted by Gasteiger charge is 2.20. The van der Waals surface area contributed by atoms with Crippen molar-refractivity contribution in [3.8, 4) is 5.75 Å². The van der Waals surface area contributed by atoms with Crippen molar-refractivity contribution in [1.82, 2.24) is 0 Å². The van der Waals surface area contributed by atoms with Crippen LogP contribution in [0.15, 0.2) is 54.6 Å². The van der Waals surface area contributed by atoms with E-state index in [9.17, 15) is 9.59 Å². The molecule has 0 unspecified atom stereocenters. The van der Waals surface area contributed by atoms with Crippen molar-refractivity contribution in [2.45, 2.75) is 13.0 Å². The summed E-state index contributed by atoms with van der Waals surface area (Å²) in [6, 6.07) is 16.4. The second kappa shape index (κ2) is 7.97. The second-order valence-corrected chi connectivity index (χ2v) is 5.12. The Morgan fingerprint density at radius 1 is 1.04 bits per heavy atom. The van der Waals surface area contributed by atoms with Gasteiger partial charge in [-0.15, -0.1) is 0 Å². The smallest absolute Gasteiger partial charge is 0.339 e. The van der Waals surface area contributed by atoms with Gasteiger partial charge in [-0.3, -0.25) is 4.79 Å². The van der Waals surface area contributed by atoms with E-state index in [0.717, 1.165) is 5.56 Å². The molecule has 0 aliphatic heterocycles. The Hall–Kier alpha value is -3.08. The van der Waals surface area contributed by atoms with E-state index in [4.69, 9.17) is 15.2 Å². The number of esters is 1. The zero-order valence-corrected chi connectivity index (χ0v) is 13.6. The van der Waals surface area contributed by atoms with Gasteiger partial charge < -0.3 is 15.2 Å². The molecule has 0 saturated heterocycles. The maximum absolute atomic E-state index is 12.5. The zero-order valence-electron chi connectivity index (χ0n) is 13.6. The van der Waals surface area contributed by atoms with Gasteiger partial charge in [0.05, 0.1) is 12.7 Å². The second-order valence-electron chi connectivity index (χ2n) is 5.12. The average molecular weight is 325 g/mol. The number of amides is 1. The predicted molar refractivity (Wildman–Crippen MR) is 92.1 cm³/mol. The normalized spacial score (nSPS) is 12.3. The van der Waals surface area contributed by atoms with Crippen LogP contribution in [-0.4, -0.2) is 25.1 Å². The number of ether oxygens (including phenoxy) is 2. The van der Waals surface area contributed by atoms with Gasteiger partial charge in [0, 0.05) is 5.56 Å². The molecule has 0 fully saturated rings. The van der Waals surface area contributed by atoms with Crippen molar-refractivity contribution >= 4 is 23.5 Å². The van der Waals surface area contributed by atoms with Crippen LogP contribution in [0.3, 0.4) is 0 Å². The first kappa shape index (κ1) is 17.3. The number of carbonyl (C=O) groups excluding carboxylic acids is 2. The van der Waals surface area contributed by atoms with Crippen LogP contribution >= 0.6 is 0 Å². The molecule has 0 aliphatic carbocycles. The highest BCUT2D eigenvalue weighted by Crippen LogP contribution is 2.25. The van der Waals surface area contributed by atoms with E-state index in [2.05, 4.69) is 0 Å². The van der Waals surface area contributed by atoms with Gasteiger partial charge >= 0.3 is 5.97 Å². The number of nitrogens with two attached hydrogens (primary N) is 1. The van der Waals surface area contributed by atoms with E-state index >= 15 is 0 Å². The van der Waals surface area contributed by atoms with Crippen LogP contribution < -0.4 is 10.5 Å². The van der Waals surface area contributed by atoms with E-state index in [-0.39, 0.29) is 0 Å². The number of hydrogen-bond acceptors (Lipinski definition) is 4. The zero-order chi connectivity index (χ0) is 17.5. The number of carbonyl (C=O) groups is 2. The van der Waals surface area contributed by atoms with E-state index in [1.807, 2.05) is 36.4 Å². The van der Waals surface area contributed by atoms with Crippen molar-refractivity contribution in [1.29, 1.82) is 0 Å². The molecule has 2 aromatic rings. The Balaban J connectivity index is 2.45. The molecule has 1 atom stereocenters. The SMILES string of the molecule is COc1ccccc1/C=C(/C(=O)O[C@H](C)C(N)=O)c1ccccc1. The lowest BCUT2D eigenvalue weighted by atomic mass is 10.0. The van der Waals surface area contributed by atoms with Crippen LogP contribution in [0, 0.1) is 0 Å². The molecule has 5 nitrogen and oxygen atoms in total. The minimum atomic E-state index is -1.01. The highest BCUT2D eigenvalue weighted by molar-refractivity contribution is 6.22. The minimum absolute atomic E-state index is 0.313. The quantitative estimate of drug-likeness (QED) is 0.503. The van der Waals surface area contributed by atoms with Crippen molar-refractivity contribution in [3.63, 3.8) is 0 Å². The average Bonchev–Trinajstić information content (AvgIpc) is 2.60. The van der Waals surface area contributed by atoms with Gasteiger partial charge in [0.25, 0.3) is 5.91 Å². The Bertz CT molecular complexity index is 753.